The summed E-state index contributed by atoms with van der Waals surface area (Å²) >= 11 is 18.9. The van der Waals surface area contributed by atoms with Crippen molar-refractivity contribution in [3.63, 3.8) is 0 Å². The second-order valence-corrected chi connectivity index (χ2v) is 12.5. The lowest BCUT2D eigenvalue weighted by molar-refractivity contribution is -0.139. The van der Waals surface area contributed by atoms with E-state index in [-0.39, 0.29) is 33.6 Å². The Balaban J connectivity index is 1.81. The maximum absolute atomic E-state index is 14.3. The van der Waals surface area contributed by atoms with Crippen LogP contribution in [0.2, 0.25) is 15.1 Å². The zero-order valence-corrected chi connectivity index (χ0v) is 25.7. The molecule has 42 heavy (non-hydrogen) atoms. The standard InChI is InChI=1S/C31H28Cl3N3O4S/c1-35-31(39)29(18-22-9-4-2-5-10-22)36(20-23-11-8-12-24(32)17-23)30(38)21-37(28-19-25(33)15-16-27(28)34)42(40,41)26-13-6-3-7-14-26/h2-17,19,29H,18,20-21H2,1H3,(H,35,39). The summed E-state index contributed by atoms with van der Waals surface area (Å²) in [5, 5.41) is 3.42. The van der Waals surface area contributed by atoms with E-state index < -0.39 is 34.4 Å². The minimum absolute atomic E-state index is 0.00713. The van der Waals surface area contributed by atoms with Crippen molar-refractivity contribution in [3.05, 3.63) is 129 Å². The van der Waals surface area contributed by atoms with Gasteiger partial charge in [0.05, 0.1) is 15.6 Å². The van der Waals surface area contributed by atoms with Gasteiger partial charge in [-0.1, -0.05) is 95.5 Å². The lowest BCUT2D eigenvalue weighted by Gasteiger charge is -2.33. The molecular formula is C31H28Cl3N3O4S. The molecule has 0 aliphatic carbocycles. The largest absolute Gasteiger partial charge is 0.357 e. The number of sulfonamides is 1. The zero-order chi connectivity index (χ0) is 30.3. The number of nitrogens with zero attached hydrogens (tertiary/aromatic N) is 2. The molecule has 0 bridgehead atoms. The highest BCUT2D eigenvalue weighted by molar-refractivity contribution is 7.92. The number of likely N-dealkylation sites (N-methyl/N-ethyl adjacent to an activating group) is 1. The number of anilines is 1. The Morgan fingerprint density at radius 1 is 0.786 bits per heavy atom. The number of hydrogen-bond donors (Lipinski definition) is 1. The molecule has 0 radical (unpaired) electrons. The molecule has 0 aliphatic heterocycles. The van der Waals surface area contributed by atoms with E-state index in [1.54, 1.807) is 42.5 Å². The number of rotatable bonds is 11. The van der Waals surface area contributed by atoms with Crippen LogP contribution in [0.15, 0.2) is 108 Å². The highest BCUT2D eigenvalue weighted by Crippen LogP contribution is 2.33. The first-order chi connectivity index (χ1) is 20.1. The first-order valence-corrected chi connectivity index (χ1v) is 15.5. The molecule has 0 aromatic heterocycles. The quantitative estimate of drug-likeness (QED) is 0.210. The average molecular weight is 645 g/mol. The molecule has 0 saturated heterocycles. The third-order valence-electron chi connectivity index (χ3n) is 6.55. The first-order valence-electron chi connectivity index (χ1n) is 12.9. The van der Waals surface area contributed by atoms with Crippen LogP contribution in [0.25, 0.3) is 0 Å². The molecule has 7 nitrogen and oxygen atoms in total. The van der Waals surface area contributed by atoms with Crippen LogP contribution in [0.1, 0.15) is 11.1 Å². The van der Waals surface area contributed by atoms with E-state index >= 15 is 0 Å². The smallest absolute Gasteiger partial charge is 0.264 e. The summed E-state index contributed by atoms with van der Waals surface area (Å²) in [5.41, 5.74) is 1.52. The van der Waals surface area contributed by atoms with Gasteiger partial charge in [-0.25, -0.2) is 8.42 Å². The average Bonchev–Trinajstić information content (AvgIpc) is 2.99. The summed E-state index contributed by atoms with van der Waals surface area (Å²) in [6, 6.07) is 27.3. The molecule has 4 rings (SSSR count). The highest BCUT2D eigenvalue weighted by atomic mass is 35.5. The number of hydrogen-bond acceptors (Lipinski definition) is 4. The maximum Gasteiger partial charge on any atom is 0.264 e. The van der Waals surface area contributed by atoms with E-state index in [0.29, 0.717) is 10.6 Å². The van der Waals surface area contributed by atoms with Gasteiger partial charge in [-0.2, -0.15) is 0 Å². The van der Waals surface area contributed by atoms with Crippen molar-refractivity contribution < 1.29 is 18.0 Å². The molecule has 0 fully saturated rings. The minimum atomic E-state index is -4.29. The Bertz CT molecular complexity index is 1650. The first kappa shape index (κ1) is 31.4. The summed E-state index contributed by atoms with van der Waals surface area (Å²) in [6.07, 6.45) is 0.191. The topological polar surface area (TPSA) is 86.8 Å². The second-order valence-electron chi connectivity index (χ2n) is 9.39. The predicted octanol–water partition coefficient (Wildman–Crippen LogP) is 6.23. The van der Waals surface area contributed by atoms with Gasteiger partial charge < -0.3 is 10.2 Å². The van der Waals surface area contributed by atoms with E-state index in [9.17, 15) is 18.0 Å². The SMILES string of the molecule is CNC(=O)C(Cc1ccccc1)N(Cc1cccc(Cl)c1)C(=O)CN(c1cc(Cl)ccc1Cl)S(=O)(=O)c1ccccc1. The molecule has 1 unspecified atom stereocenters. The van der Waals surface area contributed by atoms with Gasteiger partial charge in [0.15, 0.2) is 0 Å². The normalized spacial score (nSPS) is 11.9. The van der Waals surface area contributed by atoms with E-state index in [0.717, 1.165) is 9.87 Å². The summed E-state index contributed by atoms with van der Waals surface area (Å²) in [6.45, 7) is -0.660. The van der Waals surface area contributed by atoms with Crippen molar-refractivity contribution in [2.75, 3.05) is 17.9 Å². The fourth-order valence-electron chi connectivity index (χ4n) is 4.46. The van der Waals surface area contributed by atoms with E-state index in [4.69, 9.17) is 34.8 Å². The van der Waals surface area contributed by atoms with Crippen molar-refractivity contribution in [2.45, 2.75) is 23.9 Å². The maximum atomic E-state index is 14.3. The van der Waals surface area contributed by atoms with Crippen molar-refractivity contribution in [2.24, 2.45) is 0 Å². The lowest BCUT2D eigenvalue weighted by atomic mass is 10.0. The third kappa shape index (κ3) is 7.63. The third-order valence-corrected chi connectivity index (χ3v) is 9.11. The molecule has 1 N–H and O–H groups in total. The Morgan fingerprint density at radius 3 is 2.05 bits per heavy atom. The molecule has 4 aromatic rings. The molecule has 4 aromatic carbocycles. The fraction of sp³-hybridized carbons (Fsp3) is 0.161. The molecule has 2 amide bonds. The predicted molar refractivity (Wildman–Crippen MR) is 167 cm³/mol. The number of nitrogens with one attached hydrogen (secondary N) is 1. The van der Waals surface area contributed by atoms with Crippen molar-refractivity contribution in [3.8, 4) is 0 Å². The monoisotopic (exact) mass is 643 g/mol. The molecule has 11 heteroatoms. The summed E-state index contributed by atoms with van der Waals surface area (Å²) < 4.78 is 28.9. The van der Waals surface area contributed by atoms with Crippen LogP contribution in [-0.4, -0.2) is 44.8 Å². The van der Waals surface area contributed by atoms with Gasteiger partial charge >= 0.3 is 0 Å². The van der Waals surface area contributed by atoms with Crippen LogP contribution in [0.5, 0.6) is 0 Å². The Morgan fingerprint density at radius 2 is 1.40 bits per heavy atom. The molecule has 218 valence electrons. The van der Waals surface area contributed by atoms with Gasteiger partial charge in [-0.15, -0.1) is 0 Å². The minimum Gasteiger partial charge on any atom is -0.357 e. The number of carbonyl (C=O) groups is 2. The van der Waals surface area contributed by atoms with Gasteiger partial charge in [-0.05, 0) is 53.6 Å². The Kier molecular flexibility index (Phi) is 10.5. The van der Waals surface area contributed by atoms with Crippen LogP contribution in [-0.2, 0) is 32.6 Å². The van der Waals surface area contributed by atoms with E-state index in [1.807, 2.05) is 30.3 Å². The number of benzene rings is 4. The Labute approximate surface area is 260 Å². The lowest BCUT2D eigenvalue weighted by Crippen LogP contribution is -2.53. The highest BCUT2D eigenvalue weighted by Gasteiger charge is 2.35. The number of amides is 2. The van der Waals surface area contributed by atoms with E-state index in [2.05, 4.69) is 5.32 Å². The summed E-state index contributed by atoms with van der Waals surface area (Å²) in [5.74, 6) is -1.04. The van der Waals surface area contributed by atoms with Crippen LogP contribution >= 0.6 is 34.8 Å². The zero-order valence-electron chi connectivity index (χ0n) is 22.6. The van der Waals surface area contributed by atoms with Crippen molar-refractivity contribution >= 4 is 62.3 Å². The van der Waals surface area contributed by atoms with E-state index in [1.165, 1.54) is 42.3 Å². The van der Waals surface area contributed by atoms with Crippen LogP contribution in [0.4, 0.5) is 5.69 Å². The molecule has 1 atom stereocenters. The fourth-order valence-corrected chi connectivity index (χ4v) is 6.56. The Hall–Kier alpha value is -3.56. The van der Waals surface area contributed by atoms with Crippen molar-refractivity contribution in [1.29, 1.82) is 0 Å². The van der Waals surface area contributed by atoms with Crippen LogP contribution < -0.4 is 9.62 Å². The van der Waals surface area contributed by atoms with Gasteiger partial charge in [0, 0.05) is 30.1 Å². The summed E-state index contributed by atoms with van der Waals surface area (Å²) in [4.78, 5) is 28.9. The molecule has 0 saturated carbocycles. The van der Waals surface area contributed by atoms with Gasteiger partial charge in [-0.3, -0.25) is 13.9 Å². The van der Waals surface area contributed by atoms with Gasteiger partial charge in [0.1, 0.15) is 12.6 Å². The van der Waals surface area contributed by atoms with Gasteiger partial charge in [0.25, 0.3) is 10.0 Å². The molecular weight excluding hydrogens is 617 g/mol. The van der Waals surface area contributed by atoms with Crippen LogP contribution in [0.3, 0.4) is 0 Å². The van der Waals surface area contributed by atoms with Crippen molar-refractivity contribution in [1.82, 2.24) is 10.2 Å². The number of halogens is 3. The summed E-state index contributed by atoms with van der Waals surface area (Å²) in [7, 11) is -2.80. The second kappa shape index (κ2) is 14.1. The van der Waals surface area contributed by atoms with Crippen LogP contribution in [0, 0.1) is 0 Å². The molecule has 0 aliphatic rings. The molecule has 0 heterocycles. The molecule has 0 spiro atoms. The number of carbonyl (C=O) groups excluding carboxylic acids is 2. The van der Waals surface area contributed by atoms with Gasteiger partial charge in [0.2, 0.25) is 11.8 Å².